The van der Waals surface area contributed by atoms with E-state index in [0.29, 0.717) is 17.3 Å². The number of aryl methyl sites for hydroxylation is 1. The molecule has 5 heteroatoms. The first-order chi connectivity index (χ1) is 6.81. The third-order valence-electron chi connectivity index (χ3n) is 1.93. The lowest BCUT2D eigenvalue weighted by molar-refractivity contribution is 0.446. The van der Waals surface area contributed by atoms with Crippen LogP contribution < -0.4 is 11.3 Å². The first-order valence-corrected chi connectivity index (χ1v) is 4.23. The number of oxazole rings is 1. The van der Waals surface area contributed by atoms with Crippen molar-refractivity contribution in [1.82, 2.24) is 10.4 Å². The van der Waals surface area contributed by atoms with E-state index in [2.05, 4.69) is 10.4 Å². The van der Waals surface area contributed by atoms with Crippen LogP contribution in [0.5, 0.6) is 0 Å². The van der Waals surface area contributed by atoms with Gasteiger partial charge < -0.3 is 8.83 Å². The van der Waals surface area contributed by atoms with Crippen LogP contribution in [0.2, 0.25) is 0 Å². The van der Waals surface area contributed by atoms with Gasteiger partial charge in [-0.15, -0.1) is 0 Å². The number of rotatable bonds is 3. The van der Waals surface area contributed by atoms with Crippen molar-refractivity contribution in [1.29, 1.82) is 0 Å². The van der Waals surface area contributed by atoms with Gasteiger partial charge in [-0.25, -0.2) is 10.4 Å². The normalized spacial score (nSPS) is 13.0. The summed E-state index contributed by atoms with van der Waals surface area (Å²) in [5.41, 5.74) is 3.33. The smallest absolute Gasteiger partial charge is 0.191 e. The van der Waals surface area contributed by atoms with Gasteiger partial charge in [0.25, 0.3) is 0 Å². The molecule has 0 saturated carbocycles. The number of hydrogen-bond acceptors (Lipinski definition) is 5. The molecule has 0 fully saturated rings. The highest BCUT2D eigenvalue weighted by Gasteiger charge is 2.18. The number of hydrazine groups is 1. The third-order valence-corrected chi connectivity index (χ3v) is 1.93. The molecule has 0 aliphatic rings. The molecule has 3 N–H and O–H groups in total. The lowest BCUT2D eigenvalue weighted by atomic mass is 10.2. The largest absolute Gasteiger partial charge is 0.467 e. The summed E-state index contributed by atoms with van der Waals surface area (Å²) in [6.07, 6.45) is 3.15. The molecule has 1 atom stereocenters. The zero-order valence-electron chi connectivity index (χ0n) is 7.73. The Hall–Kier alpha value is -1.59. The molecule has 0 aliphatic heterocycles. The van der Waals surface area contributed by atoms with E-state index in [9.17, 15) is 0 Å². The molecule has 0 amide bonds. The Morgan fingerprint density at radius 3 is 2.86 bits per heavy atom. The van der Waals surface area contributed by atoms with Crippen LogP contribution in [0.1, 0.15) is 23.4 Å². The highest BCUT2D eigenvalue weighted by Crippen LogP contribution is 2.20. The van der Waals surface area contributed by atoms with Crippen LogP contribution in [-0.4, -0.2) is 4.98 Å². The number of furan rings is 1. The van der Waals surface area contributed by atoms with Crippen LogP contribution in [0, 0.1) is 6.92 Å². The van der Waals surface area contributed by atoms with Gasteiger partial charge >= 0.3 is 0 Å². The van der Waals surface area contributed by atoms with Crippen molar-refractivity contribution in [2.24, 2.45) is 5.84 Å². The predicted molar refractivity (Wildman–Crippen MR) is 49.1 cm³/mol. The summed E-state index contributed by atoms with van der Waals surface area (Å²) in [5.74, 6) is 6.73. The Morgan fingerprint density at radius 1 is 1.50 bits per heavy atom. The fraction of sp³-hybridized carbons (Fsp3) is 0.222. The molecule has 14 heavy (non-hydrogen) atoms. The summed E-state index contributed by atoms with van der Waals surface area (Å²) >= 11 is 0. The topological polar surface area (TPSA) is 77.2 Å². The van der Waals surface area contributed by atoms with E-state index in [1.54, 1.807) is 25.5 Å². The second kappa shape index (κ2) is 3.65. The lowest BCUT2D eigenvalue weighted by Gasteiger charge is -2.08. The van der Waals surface area contributed by atoms with Gasteiger partial charge in [0.1, 0.15) is 23.8 Å². The van der Waals surface area contributed by atoms with Gasteiger partial charge in [-0.2, -0.15) is 0 Å². The van der Waals surface area contributed by atoms with E-state index in [1.165, 1.54) is 0 Å². The molecule has 2 aromatic rings. The zero-order valence-corrected chi connectivity index (χ0v) is 7.73. The van der Waals surface area contributed by atoms with Crippen LogP contribution in [0.25, 0.3) is 0 Å². The van der Waals surface area contributed by atoms with Crippen molar-refractivity contribution in [2.45, 2.75) is 13.0 Å². The molecule has 0 bridgehead atoms. The van der Waals surface area contributed by atoms with Crippen molar-refractivity contribution in [3.05, 3.63) is 42.0 Å². The van der Waals surface area contributed by atoms with E-state index in [0.717, 1.165) is 0 Å². The average Bonchev–Trinajstić information content (AvgIpc) is 2.79. The SMILES string of the molecule is Cc1nc(C(NN)c2ccco2)co1. The van der Waals surface area contributed by atoms with Crippen LogP contribution in [0.4, 0.5) is 0 Å². The van der Waals surface area contributed by atoms with Gasteiger partial charge in [-0.1, -0.05) is 0 Å². The molecule has 74 valence electrons. The zero-order chi connectivity index (χ0) is 9.97. The van der Waals surface area contributed by atoms with E-state index < -0.39 is 0 Å². The fourth-order valence-electron chi connectivity index (χ4n) is 1.28. The highest BCUT2D eigenvalue weighted by molar-refractivity contribution is 5.17. The molecule has 0 aromatic carbocycles. The molecular weight excluding hydrogens is 182 g/mol. The van der Waals surface area contributed by atoms with Gasteiger partial charge in [-0.05, 0) is 12.1 Å². The Labute approximate surface area is 80.9 Å². The number of hydrogen-bond donors (Lipinski definition) is 2. The second-order valence-electron chi connectivity index (χ2n) is 2.91. The monoisotopic (exact) mass is 193 g/mol. The van der Waals surface area contributed by atoms with Crippen molar-refractivity contribution in [2.75, 3.05) is 0 Å². The van der Waals surface area contributed by atoms with Crippen molar-refractivity contribution >= 4 is 0 Å². The molecule has 0 radical (unpaired) electrons. The average molecular weight is 193 g/mol. The predicted octanol–water partition coefficient (Wildman–Crippen LogP) is 1.13. The van der Waals surface area contributed by atoms with Gasteiger partial charge in [0.05, 0.1) is 6.26 Å². The number of nitrogens with two attached hydrogens (primary N) is 1. The van der Waals surface area contributed by atoms with Gasteiger partial charge in [-0.3, -0.25) is 5.84 Å². The van der Waals surface area contributed by atoms with E-state index >= 15 is 0 Å². The summed E-state index contributed by atoms with van der Waals surface area (Å²) < 4.78 is 10.3. The Morgan fingerprint density at radius 2 is 2.36 bits per heavy atom. The van der Waals surface area contributed by atoms with Crippen LogP contribution in [-0.2, 0) is 0 Å². The Kier molecular flexibility index (Phi) is 2.34. The lowest BCUT2D eigenvalue weighted by Crippen LogP contribution is -2.28. The quantitative estimate of drug-likeness (QED) is 0.564. The van der Waals surface area contributed by atoms with Crippen molar-refractivity contribution in [3.63, 3.8) is 0 Å². The second-order valence-corrected chi connectivity index (χ2v) is 2.91. The molecule has 0 saturated heterocycles. The van der Waals surface area contributed by atoms with Crippen LogP contribution in [0.3, 0.4) is 0 Å². The van der Waals surface area contributed by atoms with Crippen LogP contribution in [0.15, 0.2) is 33.5 Å². The number of nitrogens with zero attached hydrogens (tertiary/aromatic N) is 1. The summed E-state index contributed by atoms with van der Waals surface area (Å²) in [6, 6.07) is 3.36. The standard InChI is InChI=1S/C9H11N3O2/c1-6-11-7(5-14-6)9(12-10)8-3-2-4-13-8/h2-5,9,12H,10H2,1H3. The van der Waals surface area contributed by atoms with E-state index in [1.807, 2.05) is 6.07 Å². The molecular formula is C9H11N3O2. The highest BCUT2D eigenvalue weighted by atomic mass is 16.3. The number of nitrogens with one attached hydrogen (secondary N) is 1. The first-order valence-electron chi connectivity index (χ1n) is 4.23. The number of aromatic nitrogens is 1. The summed E-state index contributed by atoms with van der Waals surface area (Å²) in [6.45, 7) is 1.78. The minimum atomic E-state index is -0.262. The van der Waals surface area contributed by atoms with Crippen molar-refractivity contribution < 1.29 is 8.83 Å². The maximum atomic E-state index is 5.41. The Bertz CT molecular complexity index is 394. The van der Waals surface area contributed by atoms with Crippen molar-refractivity contribution in [3.8, 4) is 0 Å². The molecule has 2 heterocycles. The Balaban J connectivity index is 2.31. The maximum Gasteiger partial charge on any atom is 0.191 e. The minimum Gasteiger partial charge on any atom is -0.467 e. The molecule has 5 nitrogen and oxygen atoms in total. The molecule has 1 unspecified atom stereocenters. The maximum absolute atomic E-state index is 5.41. The van der Waals surface area contributed by atoms with Crippen LogP contribution >= 0.6 is 0 Å². The van der Waals surface area contributed by atoms with Gasteiger partial charge in [0.2, 0.25) is 0 Å². The van der Waals surface area contributed by atoms with Gasteiger partial charge in [0, 0.05) is 6.92 Å². The van der Waals surface area contributed by atoms with E-state index in [-0.39, 0.29) is 6.04 Å². The van der Waals surface area contributed by atoms with E-state index in [4.69, 9.17) is 14.7 Å². The third kappa shape index (κ3) is 1.55. The minimum absolute atomic E-state index is 0.262. The summed E-state index contributed by atoms with van der Waals surface area (Å²) in [4.78, 5) is 4.17. The molecule has 0 aliphatic carbocycles. The molecule has 0 spiro atoms. The molecule has 2 rings (SSSR count). The summed E-state index contributed by atoms with van der Waals surface area (Å²) in [7, 11) is 0. The van der Waals surface area contributed by atoms with Gasteiger partial charge in [0.15, 0.2) is 5.89 Å². The first kappa shape index (κ1) is 8.98. The summed E-state index contributed by atoms with van der Waals surface area (Å²) in [5, 5.41) is 0. The molecule has 2 aromatic heterocycles. The fourth-order valence-corrected chi connectivity index (χ4v) is 1.28.